The van der Waals surface area contributed by atoms with E-state index in [1.165, 1.54) is 0 Å². The molecule has 1 amide bonds. The Balaban J connectivity index is 1.48. The van der Waals surface area contributed by atoms with Crippen LogP contribution in [0.3, 0.4) is 0 Å². The second-order valence-corrected chi connectivity index (χ2v) is 7.63. The second-order valence-electron chi connectivity index (χ2n) is 7.63. The van der Waals surface area contributed by atoms with E-state index in [-0.39, 0.29) is 31.0 Å². The molecular formula is C17H27F2N5O. The molecule has 25 heavy (non-hydrogen) atoms. The van der Waals surface area contributed by atoms with Gasteiger partial charge < -0.3 is 9.80 Å². The number of likely N-dealkylation sites (tertiary alicyclic amines) is 2. The van der Waals surface area contributed by atoms with Gasteiger partial charge in [0.15, 0.2) is 0 Å². The maximum atomic E-state index is 13.8. The van der Waals surface area contributed by atoms with Gasteiger partial charge in [0.2, 0.25) is 5.91 Å². The normalized spacial score (nSPS) is 24.1. The number of aryl methyl sites for hydroxylation is 2. The summed E-state index contributed by atoms with van der Waals surface area (Å²) in [5, 5.41) is 4.17. The van der Waals surface area contributed by atoms with Gasteiger partial charge in [0.25, 0.3) is 5.92 Å². The molecule has 0 aromatic carbocycles. The Morgan fingerprint density at radius 3 is 2.72 bits per heavy atom. The summed E-state index contributed by atoms with van der Waals surface area (Å²) in [5.74, 6) is -2.55. The third-order valence-corrected chi connectivity index (χ3v) is 4.99. The van der Waals surface area contributed by atoms with Crippen LogP contribution in [0.1, 0.15) is 18.4 Å². The minimum atomic E-state index is -2.62. The van der Waals surface area contributed by atoms with Gasteiger partial charge in [-0.25, -0.2) is 8.78 Å². The van der Waals surface area contributed by atoms with Crippen molar-refractivity contribution in [2.75, 3.05) is 40.3 Å². The summed E-state index contributed by atoms with van der Waals surface area (Å²) in [4.78, 5) is 17.9. The fourth-order valence-electron chi connectivity index (χ4n) is 3.77. The van der Waals surface area contributed by atoms with Gasteiger partial charge in [0.05, 0.1) is 12.7 Å². The highest BCUT2D eigenvalue weighted by atomic mass is 19.3. The highest BCUT2D eigenvalue weighted by Gasteiger charge is 2.50. The van der Waals surface area contributed by atoms with Crippen molar-refractivity contribution in [2.45, 2.75) is 44.3 Å². The van der Waals surface area contributed by atoms with Crippen LogP contribution < -0.4 is 0 Å². The molecule has 1 aromatic heterocycles. The summed E-state index contributed by atoms with van der Waals surface area (Å²) in [6, 6.07) is -0.0893. The molecule has 140 valence electrons. The lowest BCUT2D eigenvalue weighted by Gasteiger charge is -2.46. The summed E-state index contributed by atoms with van der Waals surface area (Å²) >= 11 is 0. The highest BCUT2D eigenvalue weighted by Crippen LogP contribution is 2.35. The standard InChI is InChI=1S/C17H27F2N5O/c1-13-7-20-23(8-13)5-4-16(25)22-10-15(11-22)24-12-17(18,19)6-14(24)9-21(2)3/h7-8,14-15H,4-6,9-12H2,1-3H3/t14-/m0/s1. The van der Waals surface area contributed by atoms with Gasteiger partial charge >= 0.3 is 0 Å². The summed E-state index contributed by atoms with van der Waals surface area (Å²) in [7, 11) is 3.81. The third-order valence-electron chi connectivity index (χ3n) is 4.99. The van der Waals surface area contributed by atoms with Crippen LogP contribution in [0.2, 0.25) is 0 Å². The first kappa shape index (κ1) is 18.3. The maximum Gasteiger partial charge on any atom is 0.262 e. The number of nitrogens with zero attached hydrogens (tertiary/aromatic N) is 5. The predicted molar refractivity (Wildman–Crippen MR) is 90.6 cm³/mol. The van der Waals surface area contributed by atoms with Crippen molar-refractivity contribution < 1.29 is 13.6 Å². The van der Waals surface area contributed by atoms with E-state index in [1.54, 1.807) is 15.8 Å². The van der Waals surface area contributed by atoms with E-state index in [9.17, 15) is 13.6 Å². The Kier molecular flexibility index (Phi) is 5.11. The first-order chi connectivity index (χ1) is 11.7. The van der Waals surface area contributed by atoms with Crippen LogP contribution in [0.25, 0.3) is 0 Å². The number of hydrogen-bond donors (Lipinski definition) is 0. The Bertz CT molecular complexity index is 612. The number of alkyl halides is 2. The van der Waals surface area contributed by atoms with Gasteiger partial charge in [-0.05, 0) is 26.6 Å². The molecule has 3 heterocycles. The number of aromatic nitrogens is 2. The number of rotatable bonds is 6. The lowest BCUT2D eigenvalue weighted by molar-refractivity contribution is -0.139. The molecule has 0 N–H and O–H groups in total. The van der Waals surface area contributed by atoms with Gasteiger partial charge in [0, 0.05) is 57.3 Å². The SMILES string of the molecule is Cc1cnn(CCC(=O)N2CC(N3CC(F)(F)C[C@H]3CN(C)C)C2)c1. The van der Waals surface area contributed by atoms with Crippen LogP contribution in [0.5, 0.6) is 0 Å². The number of halogens is 2. The zero-order chi connectivity index (χ0) is 18.2. The van der Waals surface area contributed by atoms with E-state index < -0.39 is 5.92 Å². The zero-order valence-corrected chi connectivity index (χ0v) is 15.2. The number of carbonyl (C=O) groups excluding carboxylic acids is 1. The lowest BCUT2D eigenvalue weighted by Crippen LogP contribution is -2.63. The third kappa shape index (κ3) is 4.36. The first-order valence-electron chi connectivity index (χ1n) is 8.79. The van der Waals surface area contributed by atoms with Crippen LogP contribution in [0, 0.1) is 6.92 Å². The Labute approximate surface area is 147 Å². The molecule has 2 aliphatic rings. The average Bonchev–Trinajstić information content (AvgIpc) is 2.98. The van der Waals surface area contributed by atoms with Crippen LogP contribution in [0.4, 0.5) is 8.78 Å². The van der Waals surface area contributed by atoms with Gasteiger partial charge in [-0.2, -0.15) is 5.10 Å². The molecule has 0 aliphatic carbocycles. The molecule has 0 saturated carbocycles. The first-order valence-corrected chi connectivity index (χ1v) is 8.79. The van der Waals surface area contributed by atoms with Crippen LogP contribution >= 0.6 is 0 Å². The van der Waals surface area contributed by atoms with E-state index in [1.807, 2.05) is 37.0 Å². The molecule has 0 spiro atoms. The fraction of sp³-hybridized carbons (Fsp3) is 0.765. The number of carbonyl (C=O) groups is 1. The molecular weight excluding hydrogens is 328 g/mol. The van der Waals surface area contributed by atoms with Crippen molar-refractivity contribution in [3.8, 4) is 0 Å². The van der Waals surface area contributed by atoms with Crippen LogP contribution in [-0.4, -0.2) is 88.7 Å². The molecule has 1 aromatic rings. The minimum Gasteiger partial charge on any atom is -0.339 e. The largest absolute Gasteiger partial charge is 0.339 e. The zero-order valence-electron chi connectivity index (χ0n) is 15.2. The molecule has 6 nitrogen and oxygen atoms in total. The summed E-state index contributed by atoms with van der Waals surface area (Å²) in [6.07, 6.45) is 3.98. The predicted octanol–water partition coefficient (Wildman–Crippen LogP) is 1.06. The number of hydrogen-bond acceptors (Lipinski definition) is 4. The Morgan fingerprint density at radius 1 is 1.40 bits per heavy atom. The number of likely N-dealkylation sites (N-methyl/N-ethyl adjacent to an activating group) is 1. The molecule has 3 rings (SSSR count). The highest BCUT2D eigenvalue weighted by molar-refractivity contribution is 5.77. The molecule has 2 saturated heterocycles. The van der Waals surface area contributed by atoms with Gasteiger partial charge in [-0.1, -0.05) is 0 Å². The molecule has 0 radical (unpaired) electrons. The molecule has 1 atom stereocenters. The maximum absolute atomic E-state index is 13.8. The average molecular weight is 355 g/mol. The second kappa shape index (κ2) is 6.99. The van der Waals surface area contributed by atoms with E-state index >= 15 is 0 Å². The van der Waals surface area contributed by atoms with E-state index in [0.29, 0.717) is 32.6 Å². The van der Waals surface area contributed by atoms with Gasteiger partial charge in [-0.15, -0.1) is 0 Å². The molecule has 2 aliphatic heterocycles. The fourth-order valence-corrected chi connectivity index (χ4v) is 3.77. The Hall–Kier alpha value is -1.54. The van der Waals surface area contributed by atoms with E-state index in [0.717, 1.165) is 5.56 Å². The van der Waals surface area contributed by atoms with Crippen molar-refractivity contribution in [1.29, 1.82) is 0 Å². The van der Waals surface area contributed by atoms with Crippen molar-refractivity contribution in [3.63, 3.8) is 0 Å². The monoisotopic (exact) mass is 355 g/mol. The van der Waals surface area contributed by atoms with Gasteiger partial charge in [-0.3, -0.25) is 14.4 Å². The van der Waals surface area contributed by atoms with Crippen LogP contribution in [0.15, 0.2) is 12.4 Å². The minimum absolute atomic E-state index is 0.0502. The quantitative estimate of drug-likeness (QED) is 0.766. The molecule has 2 fully saturated rings. The van der Waals surface area contributed by atoms with E-state index in [4.69, 9.17) is 0 Å². The molecule has 0 bridgehead atoms. The van der Waals surface area contributed by atoms with Crippen molar-refractivity contribution in [3.05, 3.63) is 18.0 Å². The van der Waals surface area contributed by atoms with Crippen LogP contribution in [-0.2, 0) is 11.3 Å². The molecule has 8 heteroatoms. The van der Waals surface area contributed by atoms with Crippen molar-refractivity contribution in [2.24, 2.45) is 0 Å². The lowest BCUT2D eigenvalue weighted by atomic mass is 10.0. The summed E-state index contributed by atoms with van der Waals surface area (Å²) in [6.45, 7) is 4.05. The van der Waals surface area contributed by atoms with Gasteiger partial charge in [0.1, 0.15) is 0 Å². The van der Waals surface area contributed by atoms with Crippen molar-refractivity contribution in [1.82, 2.24) is 24.5 Å². The Morgan fingerprint density at radius 2 is 2.12 bits per heavy atom. The smallest absolute Gasteiger partial charge is 0.262 e. The van der Waals surface area contributed by atoms with Crippen molar-refractivity contribution >= 4 is 5.91 Å². The van der Waals surface area contributed by atoms with E-state index in [2.05, 4.69) is 5.10 Å². The summed E-state index contributed by atoms with van der Waals surface area (Å²) in [5.41, 5.74) is 1.07. The summed E-state index contributed by atoms with van der Waals surface area (Å²) < 4.78 is 29.4. The molecule has 0 unspecified atom stereocenters. The number of amides is 1. The topological polar surface area (TPSA) is 44.6 Å².